The second-order valence-electron chi connectivity index (χ2n) is 6.58. The van der Waals surface area contributed by atoms with Crippen LogP contribution in [0.15, 0.2) is 11.6 Å². The van der Waals surface area contributed by atoms with E-state index in [-0.39, 0.29) is 12.0 Å². The molecule has 1 N–H and O–H groups in total. The largest absolute Gasteiger partial charge is 0.371 e. The van der Waals surface area contributed by atoms with E-state index in [9.17, 15) is 4.79 Å². The molecule has 0 spiro atoms. The average molecular weight is 348 g/mol. The molecule has 0 aliphatic carbocycles. The van der Waals surface area contributed by atoms with Crippen molar-refractivity contribution >= 4 is 22.9 Å². The summed E-state index contributed by atoms with van der Waals surface area (Å²) in [6.45, 7) is 7.99. The van der Waals surface area contributed by atoms with Gasteiger partial charge >= 0.3 is 0 Å². The topological polar surface area (TPSA) is 69.0 Å². The molecule has 0 bridgehead atoms. The van der Waals surface area contributed by atoms with Gasteiger partial charge in [-0.25, -0.2) is 4.98 Å². The van der Waals surface area contributed by atoms with E-state index < -0.39 is 0 Å². The third kappa shape index (κ3) is 3.84. The van der Waals surface area contributed by atoms with Crippen LogP contribution >= 0.6 is 11.3 Å². The first kappa shape index (κ1) is 17.1. The van der Waals surface area contributed by atoms with Crippen molar-refractivity contribution in [1.82, 2.24) is 14.8 Å². The van der Waals surface area contributed by atoms with Crippen LogP contribution in [-0.4, -0.2) is 27.3 Å². The highest BCUT2D eigenvalue weighted by molar-refractivity contribution is 7.09. The quantitative estimate of drug-likeness (QED) is 0.862. The van der Waals surface area contributed by atoms with Gasteiger partial charge in [0.2, 0.25) is 0 Å². The summed E-state index contributed by atoms with van der Waals surface area (Å²) in [5.74, 6) is 0.430. The minimum Gasteiger partial charge on any atom is -0.371 e. The van der Waals surface area contributed by atoms with Crippen molar-refractivity contribution in [3.63, 3.8) is 0 Å². The molecule has 0 aromatic carbocycles. The number of carbonyl (C=O) groups is 1. The van der Waals surface area contributed by atoms with Crippen molar-refractivity contribution in [3.05, 3.63) is 28.0 Å². The van der Waals surface area contributed by atoms with Crippen LogP contribution in [0.2, 0.25) is 0 Å². The summed E-state index contributed by atoms with van der Waals surface area (Å²) in [7, 11) is 0. The highest BCUT2D eigenvalue weighted by Gasteiger charge is 2.22. The average Bonchev–Trinajstić information content (AvgIpc) is 3.26. The van der Waals surface area contributed by atoms with Crippen molar-refractivity contribution in [2.75, 3.05) is 11.9 Å². The molecule has 1 amide bonds. The van der Waals surface area contributed by atoms with Gasteiger partial charge in [0.25, 0.3) is 5.91 Å². The van der Waals surface area contributed by atoms with Crippen molar-refractivity contribution in [1.29, 1.82) is 0 Å². The number of nitrogens with one attached hydrogen (secondary N) is 1. The summed E-state index contributed by atoms with van der Waals surface area (Å²) >= 11 is 1.49. The highest BCUT2D eigenvalue weighted by atomic mass is 32.1. The fourth-order valence-electron chi connectivity index (χ4n) is 2.67. The van der Waals surface area contributed by atoms with E-state index in [0.717, 1.165) is 48.8 Å². The zero-order valence-corrected chi connectivity index (χ0v) is 15.2. The summed E-state index contributed by atoms with van der Waals surface area (Å²) in [6.07, 6.45) is 4.86. The van der Waals surface area contributed by atoms with Crippen molar-refractivity contribution in [3.8, 4) is 0 Å². The third-order valence-electron chi connectivity index (χ3n) is 4.23. The highest BCUT2D eigenvalue weighted by Crippen LogP contribution is 2.30. The van der Waals surface area contributed by atoms with Gasteiger partial charge in [-0.2, -0.15) is 5.10 Å². The van der Waals surface area contributed by atoms with Crippen LogP contribution in [0, 0.1) is 12.8 Å². The second-order valence-corrected chi connectivity index (χ2v) is 7.47. The molecule has 1 aliphatic rings. The zero-order chi connectivity index (χ0) is 17.1. The molecule has 130 valence electrons. The predicted octanol–water partition coefficient (Wildman–Crippen LogP) is 3.80. The molecular weight excluding hydrogens is 324 g/mol. The molecule has 0 saturated carbocycles. The summed E-state index contributed by atoms with van der Waals surface area (Å²) in [5, 5.41) is 9.97. The molecule has 3 rings (SSSR count). The molecule has 24 heavy (non-hydrogen) atoms. The molecule has 7 heteroatoms. The van der Waals surface area contributed by atoms with Crippen molar-refractivity contribution in [2.45, 2.75) is 52.7 Å². The molecule has 0 unspecified atom stereocenters. The molecule has 3 heterocycles. The normalized spacial score (nSPS) is 17.6. The Morgan fingerprint density at radius 2 is 2.38 bits per heavy atom. The Balaban J connectivity index is 1.64. The van der Waals surface area contributed by atoms with Crippen LogP contribution in [-0.2, 0) is 11.3 Å². The first-order chi connectivity index (χ1) is 11.5. The summed E-state index contributed by atoms with van der Waals surface area (Å²) in [4.78, 5) is 16.9. The number of anilines is 1. The number of hydrogen-bond acceptors (Lipinski definition) is 5. The summed E-state index contributed by atoms with van der Waals surface area (Å²) < 4.78 is 7.56. The maximum Gasteiger partial charge on any atom is 0.275 e. The third-order valence-corrected chi connectivity index (χ3v) is 5.17. The number of hydrogen-bond donors (Lipinski definition) is 1. The lowest BCUT2D eigenvalue weighted by molar-refractivity contribution is 0.101. The van der Waals surface area contributed by atoms with Gasteiger partial charge in [-0.15, -0.1) is 11.3 Å². The number of aromatic nitrogens is 3. The van der Waals surface area contributed by atoms with Gasteiger partial charge in [0.05, 0.1) is 17.6 Å². The van der Waals surface area contributed by atoms with E-state index in [1.54, 1.807) is 11.6 Å². The van der Waals surface area contributed by atoms with E-state index in [2.05, 4.69) is 29.2 Å². The summed E-state index contributed by atoms with van der Waals surface area (Å²) in [5.41, 5.74) is 2.16. The predicted molar refractivity (Wildman–Crippen MR) is 94.4 cm³/mol. The van der Waals surface area contributed by atoms with Crippen LogP contribution in [0.25, 0.3) is 0 Å². The van der Waals surface area contributed by atoms with E-state index in [0.29, 0.717) is 11.6 Å². The minimum absolute atomic E-state index is 0.0528. The van der Waals surface area contributed by atoms with E-state index in [1.807, 2.05) is 11.6 Å². The fraction of sp³-hybridized carbons (Fsp3) is 0.588. The Kier molecular flexibility index (Phi) is 5.30. The zero-order valence-electron chi connectivity index (χ0n) is 14.4. The Morgan fingerprint density at radius 1 is 1.54 bits per heavy atom. The van der Waals surface area contributed by atoms with Crippen molar-refractivity contribution in [2.24, 2.45) is 5.92 Å². The van der Waals surface area contributed by atoms with Crippen LogP contribution in [0.5, 0.6) is 0 Å². The smallest absolute Gasteiger partial charge is 0.275 e. The molecule has 0 radical (unpaired) electrons. The van der Waals surface area contributed by atoms with Crippen LogP contribution in [0.3, 0.4) is 0 Å². The SMILES string of the molecule is Cc1c(NC(=O)c2csc([C@H]3CCCO3)n2)cnn1CCC(C)C. The first-order valence-corrected chi connectivity index (χ1v) is 9.33. The van der Waals surface area contributed by atoms with E-state index in [1.165, 1.54) is 11.3 Å². The maximum absolute atomic E-state index is 12.4. The number of amides is 1. The lowest BCUT2D eigenvalue weighted by atomic mass is 10.1. The number of rotatable bonds is 6. The molecule has 6 nitrogen and oxygen atoms in total. The van der Waals surface area contributed by atoms with Crippen LogP contribution in [0.1, 0.15) is 60.4 Å². The molecular formula is C17H24N4O2S. The Labute approximate surface area is 146 Å². The lowest BCUT2D eigenvalue weighted by Crippen LogP contribution is -2.13. The van der Waals surface area contributed by atoms with Gasteiger partial charge in [0.1, 0.15) is 16.8 Å². The molecule has 1 atom stereocenters. The Bertz CT molecular complexity index is 701. The minimum atomic E-state index is -0.193. The van der Waals surface area contributed by atoms with Gasteiger partial charge in [-0.3, -0.25) is 9.48 Å². The number of carbonyl (C=O) groups excluding carboxylic acids is 1. The number of thiazole rings is 1. The lowest BCUT2D eigenvalue weighted by Gasteiger charge is -2.08. The monoisotopic (exact) mass is 348 g/mol. The van der Waals surface area contributed by atoms with Gasteiger partial charge in [-0.1, -0.05) is 13.8 Å². The first-order valence-electron chi connectivity index (χ1n) is 8.45. The Morgan fingerprint density at radius 3 is 3.08 bits per heavy atom. The molecule has 1 saturated heterocycles. The second kappa shape index (κ2) is 7.44. The van der Waals surface area contributed by atoms with Gasteiger partial charge < -0.3 is 10.1 Å². The fourth-order valence-corrected chi connectivity index (χ4v) is 3.55. The van der Waals surface area contributed by atoms with E-state index in [4.69, 9.17) is 4.74 Å². The number of ether oxygens (including phenoxy) is 1. The van der Waals surface area contributed by atoms with Gasteiger partial charge in [0, 0.05) is 18.5 Å². The van der Waals surface area contributed by atoms with Crippen molar-refractivity contribution < 1.29 is 9.53 Å². The molecule has 2 aromatic rings. The number of nitrogens with zero attached hydrogens (tertiary/aromatic N) is 3. The summed E-state index contributed by atoms with van der Waals surface area (Å²) in [6, 6.07) is 0. The molecule has 1 fully saturated rings. The molecule has 1 aliphatic heterocycles. The standard InChI is InChI=1S/C17H24N4O2S/c1-11(2)6-7-21-12(3)13(9-18-21)19-16(22)14-10-24-17(20-14)15-5-4-8-23-15/h9-11,15H,4-8H2,1-3H3,(H,19,22)/t15-/m1/s1. The Hall–Kier alpha value is -1.73. The number of aryl methyl sites for hydroxylation is 1. The van der Waals surface area contributed by atoms with Crippen LogP contribution < -0.4 is 5.32 Å². The van der Waals surface area contributed by atoms with Crippen LogP contribution in [0.4, 0.5) is 5.69 Å². The van der Waals surface area contributed by atoms with Gasteiger partial charge in [-0.05, 0) is 32.1 Å². The van der Waals surface area contributed by atoms with E-state index >= 15 is 0 Å². The maximum atomic E-state index is 12.4. The molecule has 2 aromatic heterocycles. The van der Waals surface area contributed by atoms with Gasteiger partial charge in [0.15, 0.2) is 0 Å².